The lowest BCUT2D eigenvalue weighted by atomic mass is 9.73. The van der Waals surface area contributed by atoms with E-state index in [2.05, 4.69) is 35.1 Å². The lowest BCUT2D eigenvalue weighted by molar-refractivity contribution is -0.143. The number of Topliss-reactive ketones (excluding diaryl/α,β-unsaturated/α-hetero) is 1. The van der Waals surface area contributed by atoms with Crippen molar-refractivity contribution in [2.45, 2.75) is 149 Å². The summed E-state index contributed by atoms with van der Waals surface area (Å²) in [5.74, 6) is -2.79. The van der Waals surface area contributed by atoms with E-state index in [-0.39, 0.29) is 40.5 Å². The molecule has 1 saturated heterocycles. The maximum atomic E-state index is 14.8. The molecule has 5 fully saturated rings. The Bertz CT molecular complexity index is 1420. The highest BCUT2D eigenvalue weighted by Gasteiger charge is 2.85. The Kier molecular flexibility index (Phi) is 9.71. The molecule has 0 radical (unpaired) electrons. The molecule has 2 spiro atoms. The molecule has 4 aliphatic carbocycles. The largest absolute Gasteiger partial charge is 0.363 e. The number of ketones is 1. The number of likely N-dealkylation sites (tertiary alicyclic amines) is 1. The van der Waals surface area contributed by atoms with Crippen molar-refractivity contribution in [3.63, 3.8) is 0 Å². The molecule has 5 aliphatic rings. The molecule has 0 bridgehead atoms. The van der Waals surface area contributed by atoms with E-state index in [1.807, 2.05) is 41.5 Å². The Morgan fingerprint density at radius 1 is 0.840 bits per heavy atom. The molecule has 0 aromatic rings. The molecule has 13 heteroatoms. The van der Waals surface area contributed by atoms with Crippen molar-refractivity contribution in [3.05, 3.63) is 0 Å². The van der Waals surface area contributed by atoms with Crippen molar-refractivity contribution in [3.8, 4) is 0 Å². The zero-order valence-corrected chi connectivity index (χ0v) is 31.4. The highest BCUT2D eigenvalue weighted by Crippen LogP contribution is 2.88. The summed E-state index contributed by atoms with van der Waals surface area (Å²) < 4.78 is 0. The fourth-order valence-corrected chi connectivity index (χ4v) is 9.25. The van der Waals surface area contributed by atoms with Crippen LogP contribution in [0.4, 0.5) is 4.79 Å². The van der Waals surface area contributed by atoms with Gasteiger partial charge in [0.05, 0.1) is 17.6 Å². The summed E-state index contributed by atoms with van der Waals surface area (Å²) in [5, 5.41) is 11.6. The van der Waals surface area contributed by atoms with Crippen LogP contribution in [-0.4, -0.2) is 83.1 Å². The lowest BCUT2D eigenvalue weighted by Crippen LogP contribution is -2.62. The summed E-state index contributed by atoms with van der Waals surface area (Å²) in [6, 6.07) is -3.97. The minimum absolute atomic E-state index is 0.0247. The zero-order chi connectivity index (χ0) is 37.2. The maximum absolute atomic E-state index is 14.8. The number of nitrogens with zero attached hydrogens (tertiary/aromatic N) is 1. The first-order valence-corrected chi connectivity index (χ1v) is 18.6. The van der Waals surface area contributed by atoms with Gasteiger partial charge in [0.2, 0.25) is 23.5 Å². The van der Waals surface area contributed by atoms with E-state index in [4.69, 9.17) is 11.5 Å². The van der Waals surface area contributed by atoms with Crippen LogP contribution in [0.5, 0.6) is 0 Å². The summed E-state index contributed by atoms with van der Waals surface area (Å²) in [7, 11) is 0. The third kappa shape index (κ3) is 6.63. The fraction of sp³-hybridized carbons (Fsp3) is 0.838. The van der Waals surface area contributed by atoms with E-state index < -0.39 is 64.2 Å². The predicted molar refractivity (Wildman–Crippen MR) is 188 cm³/mol. The van der Waals surface area contributed by atoms with Crippen molar-refractivity contribution >= 4 is 35.4 Å². The summed E-state index contributed by atoms with van der Waals surface area (Å²) >= 11 is 0. The maximum Gasteiger partial charge on any atom is 0.315 e. The molecule has 6 amide bonds. The third-order valence-corrected chi connectivity index (χ3v) is 13.5. The van der Waals surface area contributed by atoms with Gasteiger partial charge in [-0.1, -0.05) is 81.1 Å². The number of fused-ring (bicyclic) bond motifs is 1. The molecule has 5 atom stereocenters. The van der Waals surface area contributed by atoms with Crippen molar-refractivity contribution in [1.82, 2.24) is 26.2 Å². The molecule has 8 N–H and O–H groups in total. The van der Waals surface area contributed by atoms with Crippen LogP contribution in [0.15, 0.2) is 0 Å². The molecule has 5 rings (SSSR count). The summed E-state index contributed by atoms with van der Waals surface area (Å²) in [5.41, 5.74) is 9.08. The predicted octanol–water partition coefficient (Wildman–Crippen LogP) is 2.25. The minimum atomic E-state index is -1.09. The number of rotatable bonds is 12. The molecule has 1 aliphatic heterocycles. The Labute approximate surface area is 296 Å². The van der Waals surface area contributed by atoms with E-state index in [1.54, 1.807) is 4.90 Å². The van der Waals surface area contributed by atoms with E-state index >= 15 is 0 Å². The zero-order valence-electron chi connectivity index (χ0n) is 31.4. The highest BCUT2D eigenvalue weighted by molar-refractivity contribution is 6.37. The number of nitrogens with one attached hydrogen (secondary N) is 4. The van der Waals surface area contributed by atoms with Gasteiger partial charge in [0, 0.05) is 18.5 Å². The second-order valence-corrected chi connectivity index (χ2v) is 18.9. The van der Waals surface area contributed by atoms with Crippen LogP contribution in [0.25, 0.3) is 0 Å². The summed E-state index contributed by atoms with van der Waals surface area (Å²) in [4.78, 5) is 81.7. The Balaban J connectivity index is 1.37. The first kappa shape index (κ1) is 38.0. The van der Waals surface area contributed by atoms with Crippen LogP contribution in [0.2, 0.25) is 0 Å². The fourth-order valence-electron chi connectivity index (χ4n) is 9.25. The normalized spacial score (nSPS) is 27.6. The quantitative estimate of drug-likeness (QED) is 0.167. The lowest BCUT2D eigenvalue weighted by Gasteiger charge is -2.37. The topological polar surface area (TPSA) is 206 Å². The smallest absolute Gasteiger partial charge is 0.315 e. The number of primary amides is 1. The first-order chi connectivity index (χ1) is 23.0. The molecule has 50 heavy (non-hydrogen) atoms. The molecular formula is C37H61N7O6. The average molecular weight is 700 g/mol. The molecule has 4 saturated carbocycles. The number of nitrogens with two attached hydrogens (primary N) is 2. The van der Waals surface area contributed by atoms with Gasteiger partial charge in [-0.15, -0.1) is 0 Å². The van der Waals surface area contributed by atoms with Gasteiger partial charge in [0.15, 0.2) is 0 Å². The second-order valence-electron chi connectivity index (χ2n) is 18.9. The van der Waals surface area contributed by atoms with Crippen molar-refractivity contribution in [2.24, 2.45) is 44.5 Å². The van der Waals surface area contributed by atoms with Crippen LogP contribution < -0.4 is 32.7 Å². The Morgan fingerprint density at radius 2 is 1.46 bits per heavy atom. The van der Waals surface area contributed by atoms with Gasteiger partial charge in [-0.05, 0) is 66.1 Å². The van der Waals surface area contributed by atoms with E-state index in [1.165, 1.54) is 0 Å². The number of carbonyl (C=O) groups is 6. The van der Waals surface area contributed by atoms with Crippen LogP contribution in [0, 0.1) is 33.0 Å². The number of amides is 6. The molecular weight excluding hydrogens is 638 g/mol. The van der Waals surface area contributed by atoms with Crippen molar-refractivity contribution in [1.29, 1.82) is 0 Å². The number of urea groups is 1. The van der Waals surface area contributed by atoms with E-state index in [9.17, 15) is 28.8 Å². The molecule has 280 valence electrons. The highest BCUT2D eigenvalue weighted by atomic mass is 16.2. The second kappa shape index (κ2) is 12.8. The van der Waals surface area contributed by atoms with Crippen LogP contribution >= 0.6 is 0 Å². The monoisotopic (exact) mass is 699 g/mol. The molecule has 0 aromatic heterocycles. The van der Waals surface area contributed by atoms with Crippen LogP contribution in [0.1, 0.15) is 120 Å². The SMILES string of the molecule is CC(C)(C)C(CNC(=O)C1(N)CC1)NC(=O)N[C@H](C(=O)N1C[C@]2(C[C@H]1C(=O)NC(CC1CCC1)C(=O)C(N)=O)C(C)(C)C21CCC1)C(C)(C)C. The van der Waals surface area contributed by atoms with Gasteiger partial charge in [0.1, 0.15) is 12.1 Å². The molecule has 13 nitrogen and oxygen atoms in total. The Hall–Kier alpha value is -3.22. The van der Waals surface area contributed by atoms with Crippen molar-refractivity contribution < 1.29 is 28.8 Å². The summed E-state index contributed by atoms with van der Waals surface area (Å²) in [6.07, 6.45) is 8.06. The van der Waals surface area contributed by atoms with Gasteiger partial charge in [-0.3, -0.25) is 24.0 Å². The van der Waals surface area contributed by atoms with Gasteiger partial charge in [0.25, 0.3) is 5.91 Å². The number of hydrogen-bond acceptors (Lipinski definition) is 7. The summed E-state index contributed by atoms with van der Waals surface area (Å²) in [6.45, 7) is 16.4. The van der Waals surface area contributed by atoms with Gasteiger partial charge in [-0.2, -0.15) is 0 Å². The van der Waals surface area contributed by atoms with Crippen molar-refractivity contribution in [2.75, 3.05) is 13.1 Å². The molecule has 2 unspecified atom stereocenters. The Morgan fingerprint density at radius 3 is 1.90 bits per heavy atom. The molecule has 0 aromatic carbocycles. The van der Waals surface area contributed by atoms with Crippen LogP contribution in [0.3, 0.4) is 0 Å². The minimum Gasteiger partial charge on any atom is -0.363 e. The van der Waals surface area contributed by atoms with Gasteiger partial charge < -0.3 is 37.6 Å². The van der Waals surface area contributed by atoms with E-state index in [0.717, 1.165) is 38.5 Å². The first-order valence-electron chi connectivity index (χ1n) is 18.6. The standard InChI is InChI=1S/C37H61N7O6/c1-32(2,3)24(19-40-30(49)35(39)15-16-35)42-31(50)43-26(33(4,5)6)29(48)44-20-37(34(7,8)36(37)13-10-14-36)18-23(44)28(47)41-22(25(45)27(38)46)17-21-11-9-12-21/h21-24,26H,9-20,39H2,1-8H3,(H2,38,46)(H,40,49)(H,41,47)(H2,42,43,50)/t22?,23-,24?,26+,37+/m0/s1. The van der Waals surface area contributed by atoms with E-state index in [0.29, 0.717) is 32.2 Å². The van der Waals surface area contributed by atoms with Gasteiger partial charge >= 0.3 is 6.03 Å². The van der Waals surface area contributed by atoms with Gasteiger partial charge in [-0.25, -0.2) is 4.79 Å². The number of hydrogen-bond donors (Lipinski definition) is 6. The number of carbonyl (C=O) groups excluding carboxylic acids is 6. The third-order valence-electron chi connectivity index (χ3n) is 13.5. The average Bonchev–Trinajstić information content (AvgIpc) is 3.72. The van der Waals surface area contributed by atoms with Crippen LogP contribution in [-0.2, 0) is 24.0 Å². The molecule has 1 heterocycles.